The van der Waals surface area contributed by atoms with Crippen LogP contribution >= 0.6 is 0 Å². The number of ether oxygens (including phenoxy) is 1. The van der Waals surface area contributed by atoms with Crippen molar-refractivity contribution in [2.45, 2.75) is 33.4 Å². The fraction of sp³-hybridized carbons (Fsp3) is 0.273. The third-order valence-electron chi connectivity index (χ3n) is 4.46. The quantitative estimate of drug-likeness (QED) is 0.666. The smallest absolute Gasteiger partial charge is 0.258 e. The largest absolute Gasteiger partial charge is 0.484 e. The fourth-order valence-electron chi connectivity index (χ4n) is 2.83. The zero-order valence-electron chi connectivity index (χ0n) is 15.8. The maximum atomic E-state index is 12.1. The Bertz CT molecular complexity index is 885. The monoisotopic (exact) mass is 363 g/mol. The molecule has 0 spiro atoms. The summed E-state index contributed by atoms with van der Waals surface area (Å²) in [5.74, 6) is 1.56. The summed E-state index contributed by atoms with van der Waals surface area (Å²) in [6.07, 6.45) is 4.75. The first-order valence-electron chi connectivity index (χ1n) is 9.18. The number of rotatable bonds is 8. The van der Waals surface area contributed by atoms with Crippen molar-refractivity contribution in [1.29, 1.82) is 0 Å². The molecule has 0 aliphatic carbocycles. The van der Waals surface area contributed by atoms with Gasteiger partial charge in [-0.1, -0.05) is 43.3 Å². The highest BCUT2D eigenvalue weighted by molar-refractivity contribution is 5.77. The van der Waals surface area contributed by atoms with Crippen molar-refractivity contribution >= 4 is 5.91 Å². The maximum Gasteiger partial charge on any atom is 0.258 e. The summed E-state index contributed by atoms with van der Waals surface area (Å²) in [5, 5.41) is 2.91. The van der Waals surface area contributed by atoms with Gasteiger partial charge in [0.05, 0.1) is 0 Å². The Morgan fingerprint density at radius 1 is 1.11 bits per heavy atom. The number of aromatic nitrogens is 2. The number of aryl methyl sites for hydroxylation is 2. The van der Waals surface area contributed by atoms with E-state index < -0.39 is 0 Å². The van der Waals surface area contributed by atoms with Crippen LogP contribution < -0.4 is 10.1 Å². The van der Waals surface area contributed by atoms with Crippen molar-refractivity contribution in [2.75, 3.05) is 6.61 Å². The lowest BCUT2D eigenvalue weighted by molar-refractivity contribution is -0.123. The number of hydrogen-bond acceptors (Lipinski definition) is 3. The van der Waals surface area contributed by atoms with Crippen molar-refractivity contribution in [2.24, 2.45) is 0 Å². The molecule has 5 heteroatoms. The Kier molecular flexibility index (Phi) is 6.26. The molecule has 5 nitrogen and oxygen atoms in total. The van der Waals surface area contributed by atoms with Crippen LogP contribution in [0.15, 0.2) is 60.9 Å². The van der Waals surface area contributed by atoms with E-state index in [0.717, 1.165) is 24.4 Å². The van der Waals surface area contributed by atoms with E-state index in [-0.39, 0.29) is 12.5 Å². The Hall–Kier alpha value is -3.08. The minimum absolute atomic E-state index is 0.0133. The Morgan fingerprint density at radius 2 is 1.89 bits per heavy atom. The Balaban J connectivity index is 1.48. The number of nitrogens with zero attached hydrogens (tertiary/aromatic N) is 2. The van der Waals surface area contributed by atoms with Gasteiger partial charge in [0.1, 0.15) is 11.6 Å². The van der Waals surface area contributed by atoms with Crippen LogP contribution in [0, 0.1) is 6.92 Å². The first kappa shape index (κ1) is 18.7. The van der Waals surface area contributed by atoms with E-state index in [0.29, 0.717) is 12.3 Å². The second kappa shape index (κ2) is 9.03. The van der Waals surface area contributed by atoms with Gasteiger partial charge in [-0.25, -0.2) is 4.98 Å². The minimum Gasteiger partial charge on any atom is -0.484 e. The zero-order valence-corrected chi connectivity index (χ0v) is 15.8. The van der Waals surface area contributed by atoms with E-state index in [1.807, 2.05) is 49.5 Å². The average molecular weight is 363 g/mol. The third kappa shape index (κ3) is 5.45. The van der Waals surface area contributed by atoms with Gasteiger partial charge in [0, 0.05) is 25.5 Å². The Labute approximate surface area is 160 Å². The molecule has 0 bridgehead atoms. The number of carbonyl (C=O) groups excluding carboxylic acids is 1. The summed E-state index contributed by atoms with van der Waals surface area (Å²) < 4.78 is 7.63. The van der Waals surface area contributed by atoms with Crippen LogP contribution in [-0.2, 0) is 24.3 Å². The fourth-order valence-corrected chi connectivity index (χ4v) is 2.83. The molecule has 0 unspecified atom stereocenters. The molecule has 0 radical (unpaired) electrons. The number of carbonyl (C=O) groups is 1. The van der Waals surface area contributed by atoms with E-state index in [2.05, 4.69) is 33.9 Å². The molecule has 3 aromatic rings. The van der Waals surface area contributed by atoms with Gasteiger partial charge in [-0.15, -0.1) is 0 Å². The van der Waals surface area contributed by atoms with Gasteiger partial charge >= 0.3 is 0 Å². The van der Waals surface area contributed by atoms with Crippen LogP contribution in [0.5, 0.6) is 5.75 Å². The van der Waals surface area contributed by atoms with Crippen molar-refractivity contribution < 1.29 is 9.53 Å². The van der Waals surface area contributed by atoms with Gasteiger partial charge in [-0.2, -0.15) is 0 Å². The molecule has 3 rings (SSSR count). The molecule has 0 atom stereocenters. The molecule has 0 saturated heterocycles. The summed E-state index contributed by atoms with van der Waals surface area (Å²) >= 11 is 0. The van der Waals surface area contributed by atoms with E-state index >= 15 is 0 Å². The number of hydrogen-bond donors (Lipinski definition) is 1. The standard InChI is InChI=1S/C22H25N3O2/c1-3-18-7-9-21(10-8-18)27-16-22(26)24-14-19-5-4-6-20(13-19)15-25-12-11-23-17(25)2/h4-13H,3,14-16H2,1-2H3,(H,24,26). The molecular weight excluding hydrogens is 338 g/mol. The molecule has 0 saturated carbocycles. The van der Waals surface area contributed by atoms with Crippen molar-refractivity contribution in [1.82, 2.24) is 14.9 Å². The van der Waals surface area contributed by atoms with Crippen LogP contribution in [0.3, 0.4) is 0 Å². The van der Waals surface area contributed by atoms with Crippen LogP contribution in [0.4, 0.5) is 0 Å². The maximum absolute atomic E-state index is 12.1. The summed E-state index contributed by atoms with van der Waals surface area (Å²) in [6, 6.07) is 16.0. The summed E-state index contributed by atoms with van der Waals surface area (Å²) in [4.78, 5) is 16.3. The van der Waals surface area contributed by atoms with E-state index in [1.165, 1.54) is 11.1 Å². The number of imidazole rings is 1. The molecule has 1 heterocycles. The predicted molar refractivity (Wildman–Crippen MR) is 106 cm³/mol. The minimum atomic E-state index is -0.134. The lowest BCUT2D eigenvalue weighted by atomic mass is 10.1. The molecule has 1 N–H and O–H groups in total. The zero-order chi connectivity index (χ0) is 19.1. The van der Waals surface area contributed by atoms with Crippen molar-refractivity contribution in [3.63, 3.8) is 0 Å². The third-order valence-corrected chi connectivity index (χ3v) is 4.46. The van der Waals surface area contributed by atoms with Gasteiger partial charge in [0.25, 0.3) is 5.91 Å². The highest BCUT2D eigenvalue weighted by Crippen LogP contribution is 2.12. The summed E-state index contributed by atoms with van der Waals surface area (Å²) in [6.45, 7) is 5.35. The van der Waals surface area contributed by atoms with Gasteiger partial charge in [-0.05, 0) is 42.2 Å². The SMILES string of the molecule is CCc1ccc(OCC(=O)NCc2cccc(Cn3ccnc3C)c2)cc1. The van der Waals surface area contributed by atoms with E-state index in [9.17, 15) is 4.79 Å². The lowest BCUT2D eigenvalue weighted by Gasteiger charge is -2.10. The summed E-state index contributed by atoms with van der Waals surface area (Å²) in [7, 11) is 0. The number of nitrogens with one attached hydrogen (secondary N) is 1. The Morgan fingerprint density at radius 3 is 2.59 bits per heavy atom. The van der Waals surface area contributed by atoms with Gasteiger partial charge in [0.15, 0.2) is 6.61 Å². The molecule has 1 amide bonds. The highest BCUT2D eigenvalue weighted by atomic mass is 16.5. The van der Waals surface area contributed by atoms with Crippen LogP contribution in [0.25, 0.3) is 0 Å². The second-order valence-corrected chi connectivity index (χ2v) is 6.49. The van der Waals surface area contributed by atoms with E-state index in [1.54, 1.807) is 6.20 Å². The predicted octanol–water partition coefficient (Wildman–Crippen LogP) is 3.50. The molecular formula is C22H25N3O2. The molecule has 2 aromatic carbocycles. The van der Waals surface area contributed by atoms with Gasteiger partial charge in [-0.3, -0.25) is 4.79 Å². The normalized spacial score (nSPS) is 10.6. The molecule has 140 valence electrons. The molecule has 1 aromatic heterocycles. The molecule has 0 fully saturated rings. The first-order valence-corrected chi connectivity index (χ1v) is 9.18. The number of amides is 1. The molecule has 0 aliphatic heterocycles. The van der Waals surface area contributed by atoms with Crippen LogP contribution in [-0.4, -0.2) is 22.1 Å². The van der Waals surface area contributed by atoms with Gasteiger partial charge < -0.3 is 14.6 Å². The summed E-state index contributed by atoms with van der Waals surface area (Å²) in [5.41, 5.74) is 3.48. The van der Waals surface area contributed by atoms with Crippen LogP contribution in [0.2, 0.25) is 0 Å². The topological polar surface area (TPSA) is 56.1 Å². The van der Waals surface area contributed by atoms with Crippen molar-refractivity contribution in [3.05, 3.63) is 83.4 Å². The highest BCUT2D eigenvalue weighted by Gasteiger charge is 2.05. The molecule has 0 aliphatic rings. The van der Waals surface area contributed by atoms with Gasteiger partial charge in [0.2, 0.25) is 0 Å². The second-order valence-electron chi connectivity index (χ2n) is 6.49. The van der Waals surface area contributed by atoms with Crippen molar-refractivity contribution in [3.8, 4) is 5.75 Å². The molecule has 27 heavy (non-hydrogen) atoms. The van der Waals surface area contributed by atoms with E-state index in [4.69, 9.17) is 4.74 Å². The van der Waals surface area contributed by atoms with Crippen LogP contribution in [0.1, 0.15) is 29.4 Å². The average Bonchev–Trinajstić information content (AvgIpc) is 3.10. The number of benzene rings is 2. The lowest BCUT2D eigenvalue weighted by Crippen LogP contribution is -2.28. The first-order chi connectivity index (χ1) is 13.1.